The molecular formula is C17H20F3N3O3. The molecule has 1 aromatic carbocycles. The first-order valence-electron chi connectivity index (χ1n) is 8.19. The highest BCUT2D eigenvalue weighted by molar-refractivity contribution is 5.94. The number of aliphatic imine (C=N–C) groups is 1. The highest BCUT2D eigenvalue weighted by Crippen LogP contribution is 2.56. The number of fused-ring (bicyclic) bond motifs is 1. The molecule has 1 aliphatic carbocycles. The molecule has 1 saturated carbocycles. The van der Waals surface area contributed by atoms with Gasteiger partial charge in [-0.1, -0.05) is 0 Å². The van der Waals surface area contributed by atoms with Gasteiger partial charge in [-0.05, 0) is 31.5 Å². The lowest BCUT2D eigenvalue weighted by Crippen LogP contribution is -2.43. The predicted octanol–water partition coefficient (Wildman–Crippen LogP) is 1.78. The van der Waals surface area contributed by atoms with Gasteiger partial charge in [-0.3, -0.25) is 4.79 Å². The average Bonchev–Trinajstić information content (AvgIpc) is 3.33. The summed E-state index contributed by atoms with van der Waals surface area (Å²) in [7, 11) is 1.49. The van der Waals surface area contributed by atoms with Gasteiger partial charge in [0.05, 0.1) is 6.61 Å². The number of carbonyl (C=O) groups excluding carboxylic acids is 1. The first-order valence-corrected chi connectivity index (χ1v) is 8.19. The number of nitrogens with two attached hydrogens (primary N) is 1. The Morgan fingerprint density at radius 1 is 1.54 bits per heavy atom. The van der Waals surface area contributed by atoms with Crippen molar-refractivity contribution in [3.05, 3.63) is 35.1 Å². The standard InChI is InChI=1S/C17H20F3N3O3/c1-8(7-25-2)22-14(24)9-3-4-12(18)10(5-9)17(15(19)20)11-6-13(11)26-16(21)23-17/h3-5,8,11,13,15H,6-7H2,1-2H3,(H2,21,23)(H,22,24)/t8?,11-,13+,17+/m1/s1. The second kappa shape index (κ2) is 6.79. The Morgan fingerprint density at radius 3 is 2.92 bits per heavy atom. The van der Waals surface area contributed by atoms with Crippen molar-refractivity contribution in [1.82, 2.24) is 5.32 Å². The number of benzene rings is 1. The van der Waals surface area contributed by atoms with Gasteiger partial charge in [0, 0.05) is 30.2 Å². The van der Waals surface area contributed by atoms with Crippen LogP contribution in [0.25, 0.3) is 0 Å². The van der Waals surface area contributed by atoms with Crippen LogP contribution in [0.15, 0.2) is 23.2 Å². The molecule has 0 bridgehead atoms. The van der Waals surface area contributed by atoms with Crippen molar-refractivity contribution in [1.29, 1.82) is 0 Å². The van der Waals surface area contributed by atoms with Gasteiger partial charge in [0.2, 0.25) is 0 Å². The molecule has 1 amide bonds. The zero-order valence-corrected chi connectivity index (χ0v) is 14.3. The Labute approximate surface area is 148 Å². The summed E-state index contributed by atoms with van der Waals surface area (Å²) in [5.41, 5.74) is 3.09. The van der Waals surface area contributed by atoms with Gasteiger partial charge in [0.1, 0.15) is 11.9 Å². The van der Waals surface area contributed by atoms with Crippen LogP contribution in [0.2, 0.25) is 0 Å². The van der Waals surface area contributed by atoms with E-state index in [0.29, 0.717) is 6.42 Å². The van der Waals surface area contributed by atoms with Crippen LogP contribution in [0.4, 0.5) is 13.2 Å². The molecule has 1 unspecified atom stereocenters. The Hall–Kier alpha value is -2.29. The van der Waals surface area contributed by atoms with E-state index in [4.69, 9.17) is 15.2 Å². The van der Waals surface area contributed by atoms with E-state index in [2.05, 4.69) is 10.3 Å². The third-order valence-corrected chi connectivity index (χ3v) is 4.65. The van der Waals surface area contributed by atoms with Crippen molar-refractivity contribution in [2.75, 3.05) is 13.7 Å². The Kier molecular flexibility index (Phi) is 4.83. The second-order valence-corrected chi connectivity index (χ2v) is 6.60. The fourth-order valence-corrected chi connectivity index (χ4v) is 3.37. The Balaban J connectivity index is 1.99. The number of amides is 1. The van der Waals surface area contributed by atoms with Crippen molar-refractivity contribution in [3.8, 4) is 0 Å². The van der Waals surface area contributed by atoms with Gasteiger partial charge >= 0.3 is 0 Å². The molecule has 142 valence electrons. The summed E-state index contributed by atoms with van der Waals surface area (Å²) in [6.07, 6.45) is -3.21. The van der Waals surface area contributed by atoms with Gasteiger partial charge < -0.3 is 20.5 Å². The highest BCUT2D eigenvalue weighted by atomic mass is 19.3. The molecule has 0 aromatic heterocycles. The lowest BCUT2D eigenvalue weighted by Gasteiger charge is -2.33. The predicted molar refractivity (Wildman–Crippen MR) is 87.5 cm³/mol. The van der Waals surface area contributed by atoms with Crippen LogP contribution < -0.4 is 11.1 Å². The van der Waals surface area contributed by atoms with E-state index in [0.717, 1.165) is 12.1 Å². The molecule has 6 nitrogen and oxygen atoms in total. The van der Waals surface area contributed by atoms with Gasteiger partial charge in [0.25, 0.3) is 18.4 Å². The first-order chi connectivity index (χ1) is 12.3. The quantitative estimate of drug-likeness (QED) is 0.798. The molecule has 1 heterocycles. The van der Waals surface area contributed by atoms with Crippen molar-refractivity contribution < 1.29 is 27.4 Å². The second-order valence-electron chi connectivity index (χ2n) is 6.60. The number of methoxy groups -OCH3 is 1. The van der Waals surface area contributed by atoms with E-state index in [1.807, 2.05) is 0 Å². The van der Waals surface area contributed by atoms with Crippen molar-refractivity contribution in [2.45, 2.75) is 37.5 Å². The average molecular weight is 371 g/mol. The zero-order valence-electron chi connectivity index (χ0n) is 14.3. The van der Waals surface area contributed by atoms with Gasteiger partial charge in [-0.15, -0.1) is 0 Å². The maximum Gasteiger partial charge on any atom is 0.283 e. The maximum absolute atomic E-state index is 14.5. The molecule has 26 heavy (non-hydrogen) atoms. The minimum atomic E-state index is -3.00. The number of alkyl halides is 2. The number of ether oxygens (including phenoxy) is 2. The van der Waals surface area contributed by atoms with Crippen molar-refractivity contribution in [3.63, 3.8) is 0 Å². The van der Waals surface area contributed by atoms with Crippen LogP contribution in [0.1, 0.15) is 29.3 Å². The van der Waals surface area contributed by atoms with E-state index in [9.17, 15) is 18.0 Å². The SMILES string of the molecule is COCC(C)NC(=O)c1ccc(F)c([C@]2(C(F)F)N=C(N)O[C@H]3C[C@H]32)c1. The minimum Gasteiger partial charge on any atom is -0.462 e. The highest BCUT2D eigenvalue weighted by Gasteiger charge is 2.64. The molecule has 0 spiro atoms. The zero-order chi connectivity index (χ0) is 19.1. The first kappa shape index (κ1) is 18.5. The molecule has 0 radical (unpaired) electrons. The normalized spacial score (nSPS) is 28.0. The summed E-state index contributed by atoms with van der Waals surface area (Å²) < 4.78 is 52.7. The molecule has 1 aliphatic heterocycles. The van der Waals surface area contributed by atoms with Crippen LogP contribution in [0, 0.1) is 11.7 Å². The number of hydrogen-bond acceptors (Lipinski definition) is 5. The fourth-order valence-electron chi connectivity index (χ4n) is 3.37. The summed E-state index contributed by atoms with van der Waals surface area (Å²) in [6.45, 7) is 2.01. The molecule has 1 aromatic rings. The number of rotatable bonds is 6. The van der Waals surface area contributed by atoms with Crippen LogP contribution in [0.3, 0.4) is 0 Å². The van der Waals surface area contributed by atoms with Crippen molar-refractivity contribution in [2.24, 2.45) is 16.6 Å². The van der Waals surface area contributed by atoms with Crippen LogP contribution >= 0.6 is 0 Å². The molecule has 2 aliphatic rings. The molecule has 1 fully saturated rings. The molecule has 4 atom stereocenters. The van der Waals surface area contributed by atoms with Crippen molar-refractivity contribution >= 4 is 11.9 Å². The van der Waals surface area contributed by atoms with E-state index in [-0.39, 0.29) is 23.8 Å². The molecule has 9 heteroatoms. The number of carbonyl (C=O) groups is 1. The summed E-state index contributed by atoms with van der Waals surface area (Å²) in [6, 6.07) is 2.66. The van der Waals surface area contributed by atoms with Crippen LogP contribution in [-0.2, 0) is 15.0 Å². The minimum absolute atomic E-state index is 0.0573. The van der Waals surface area contributed by atoms with E-state index >= 15 is 0 Å². The Morgan fingerprint density at radius 2 is 2.27 bits per heavy atom. The molecule has 0 saturated heterocycles. The summed E-state index contributed by atoms with van der Waals surface area (Å²) in [5.74, 6) is -2.07. The number of halogens is 3. The van der Waals surface area contributed by atoms with Crippen LogP contribution in [-0.4, -0.2) is 44.2 Å². The van der Waals surface area contributed by atoms with Crippen LogP contribution in [0.5, 0.6) is 0 Å². The third kappa shape index (κ3) is 3.11. The topological polar surface area (TPSA) is 85.9 Å². The smallest absolute Gasteiger partial charge is 0.283 e. The largest absolute Gasteiger partial charge is 0.462 e. The number of nitrogens with one attached hydrogen (secondary N) is 1. The molecular weight excluding hydrogens is 351 g/mol. The van der Waals surface area contributed by atoms with Gasteiger partial charge in [0.15, 0.2) is 5.54 Å². The maximum atomic E-state index is 14.5. The summed E-state index contributed by atoms with van der Waals surface area (Å²) in [4.78, 5) is 16.1. The monoisotopic (exact) mass is 371 g/mol. The van der Waals surface area contributed by atoms with E-state index in [1.54, 1.807) is 6.92 Å². The van der Waals surface area contributed by atoms with E-state index in [1.165, 1.54) is 13.2 Å². The lowest BCUT2D eigenvalue weighted by molar-refractivity contribution is 0.0176. The summed E-state index contributed by atoms with van der Waals surface area (Å²) in [5, 5.41) is 2.66. The molecule has 3 rings (SSSR count). The van der Waals surface area contributed by atoms with E-state index < -0.39 is 41.7 Å². The Bertz CT molecular complexity index is 743. The number of hydrogen-bond donors (Lipinski definition) is 2. The fraction of sp³-hybridized carbons (Fsp3) is 0.529. The van der Waals surface area contributed by atoms with Gasteiger partial charge in [-0.2, -0.15) is 0 Å². The summed E-state index contributed by atoms with van der Waals surface area (Å²) >= 11 is 0. The number of nitrogens with zero attached hydrogens (tertiary/aromatic N) is 1. The molecule has 3 N–H and O–H groups in total. The third-order valence-electron chi connectivity index (χ3n) is 4.65. The van der Waals surface area contributed by atoms with Gasteiger partial charge in [-0.25, -0.2) is 18.2 Å². The lowest BCUT2D eigenvalue weighted by atomic mass is 9.84. The number of amidine groups is 1.